The Morgan fingerprint density at radius 2 is 1.71 bits per heavy atom. The van der Waals surface area contributed by atoms with Gasteiger partial charge in [-0.3, -0.25) is 0 Å². The van der Waals surface area contributed by atoms with E-state index < -0.39 is 0 Å². The number of anilines is 2. The molecular weight excluding hydrogens is 214 g/mol. The first kappa shape index (κ1) is 9.72. The van der Waals surface area contributed by atoms with Crippen LogP contribution >= 0.6 is 0 Å². The van der Waals surface area contributed by atoms with Crippen molar-refractivity contribution >= 4 is 22.8 Å². The summed E-state index contributed by atoms with van der Waals surface area (Å²) >= 11 is 0. The molecule has 0 aliphatic heterocycles. The van der Waals surface area contributed by atoms with E-state index >= 15 is 0 Å². The number of nitrogens with two attached hydrogens (primary N) is 2. The molecule has 1 aromatic heterocycles. The number of oxazole rings is 1. The van der Waals surface area contributed by atoms with E-state index in [0.717, 1.165) is 11.1 Å². The van der Waals surface area contributed by atoms with Crippen LogP contribution in [0, 0.1) is 0 Å². The van der Waals surface area contributed by atoms with Gasteiger partial charge in [-0.2, -0.15) is 4.98 Å². The molecule has 0 atom stereocenters. The Bertz CT molecular complexity index is 674. The molecule has 0 fully saturated rings. The molecule has 4 heteroatoms. The fourth-order valence-electron chi connectivity index (χ4n) is 1.87. The van der Waals surface area contributed by atoms with E-state index in [-0.39, 0.29) is 6.01 Å². The fourth-order valence-corrected chi connectivity index (χ4v) is 1.87. The maximum atomic E-state index is 5.92. The van der Waals surface area contributed by atoms with Crippen molar-refractivity contribution in [3.05, 3.63) is 42.5 Å². The Kier molecular flexibility index (Phi) is 2.01. The minimum Gasteiger partial charge on any atom is -0.421 e. The first-order valence-electron chi connectivity index (χ1n) is 5.25. The molecule has 4 nitrogen and oxygen atoms in total. The van der Waals surface area contributed by atoms with Crippen LogP contribution in [0.3, 0.4) is 0 Å². The molecule has 0 bridgehead atoms. The van der Waals surface area contributed by atoms with Gasteiger partial charge in [0.05, 0.1) is 5.69 Å². The minimum absolute atomic E-state index is 0.136. The van der Waals surface area contributed by atoms with Crippen molar-refractivity contribution in [1.29, 1.82) is 0 Å². The molecular formula is C13H11N3O. The van der Waals surface area contributed by atoms with E-state index in [1.807, 2.05) is 42.5 Å². The Morgan fingerprint density at radius 3 is 2.47 bits per heavy atom. The van der Waals surface area contributed by atoms with Crippen LogP contribution in [0.5, 0.6) is 0 Å². The van der Waals surface area contributed by atoms with Gasteiger partial charge in [0.1, 0.15) is 5.52 Å². The second-order valence-corrected chi connectivity index (χ2v) is 3.83. The van der Waals surface area contributed by atoms with Gasteiger partial charge in [-0.1, -0.05) is 30.3 Å². The standard InChI is InChI=1S/C13H11N3O/c14-10-6-9(8-4-2-1-3-5-8)7-11-12(10)17-13(15)16-11/h1-7H,14H2,(H2,15,16). The van der Waals surface area contributed by atoms with Crippen LogP contribution in [0.2, 0.25) is 0 Å². The summed E-state index contributed by atoms with van der Waals surface area (Å²) in [6, 6.07) is 13.9. The van der Waals surface area contributed by atoms with Crippen molar-refractivity contribution in [2.24, 2.45) is 0 Å². The summed E-state index contributed by atoms with van der Waals surface area (Å²) in [6.45, 7) is 0. The molecule has 0 aliphatic rings. The van der Waals surface area contributed by atoms with Gasteiger partial charge >= 0.3 is 0 Å². The normalized spacial score (nSPS) is 10.8. The molecule has 3 aromatic rings. The zero-order chi connectivity index (χ0) is 11.8. The van der Waals surface area contributed by atoms with E-state index in [4.69, 9.17) is 15.9 Å². The SMILES string of the molecule is Nc1nc2cc(-c3ccccc3)cc(N)c2o1. The average Bonchev–Trinajstić information content (AvgIpc) is 2.71. The van der Waals surface area contributed by atoms with Gasteiger partial charge in [0.2, 0.25) is 0 Å². The highest BCUT2D eigenvalue weighted by molar-refractivity contribution is 5.91. The lowest BCUT2D eigenvalue weighted by molar-refractivity contribution is 0.627. The maximum absolute atomic E-state index is 5.92. The van der Waals surface area contributed by atoms with Crippen LogP contribution in [0.15, 0.2) is 46.9 Å². The number of hydrogen-bond acceptors (Lipinski definition) is 4. The molecule has 0 aliphatic carbocycles. The topological polar surface area (TPSA) is 78.1 Å². The lowest BCUT2D eigenvalue weighted by atomic mass is 10.0. The second-order valence-electron chi connectivity index (χ2n) is 3.83. The summed E-state index contributed by atoms with van der Waals surface area (Å²) in [5, 5.41) is 0. The van der Waals surface area contributed by atoms with Crippen molar-refractivity contribution in [1.82, 2.24) is 4.98 Å². The molecule has 2 aromatic carbocycles. The first-order valence-corrected chi connectivity index (χ1v) is 5.25. The monoisotopic (exact) mass is 225 g/mol. The van der Waals surface area contributed by atoms with Crippen LogP contribution in [-0.4, -0.2) is 4.98 Å². The van der Waals surface area contributed by atoms with E-state index in [0.29, 0.717) is 16.8 Å². The summed E-state index contributed by atoms with van der Waals surface area (Å²) in [5.41, 5.74) is 15.3. The van der Waals surface area contributed by atoms with Crippen LogP contribution in [0.4, 0.5) is 11.7 Å². The molecule has 0 radical (unpaired) electrons. The first-order chi connectivity index (χ1) is 8.24. The van der Waals surface area contributed by atoms with Crippen LogP contribution in [0.1, 0.15) is 0 Å². The molecule has 0 saturated carbocycles. The van der Waals surface area contributed by atoms with Gasteiger partial charge in [-0.15, -0.1) is 0 Å². The average molecular weight is 225 g/mol. The number of nitrogen functional groups attached to an aromatic ring is 2. The second kappa shape index (κ2) is 3.52. The largest absolute Gasteiger partial charge is 0.421 e. The summed E-state index contributed by atoms with van der Waals surface area (Å²) < 4.78 is 5.23. The Balaban J connectivity index is 2.25. The molecule has 17 heavy (non-hydrogen) atoms. The highest BCUT2D eigenvalue weighted by atomic mass is 16.4. The van der Waals surface area contributed by atoms with Gasteiger partial charge in [0, 0.05) is 0 Å². The van der Waals surface area contributed by atoms with Crippen molar-refractivity contribution in [2.75, 3.05) is 11.5 Å². The number of hydrogen-bond donors (Lipinski definition) is 2. The molecule has 0 spiro atoms. The van der Waals surface area contributed by atoms with Crippen LogP contribution in [0.25, 0.3) is 22.2 Å². The van der Waals surface area contributed by atoms with Crippen molar-refractivity contribution in [3.63, 3.8) is 0 Å². The van der Waals surface area contributed by atoms with Crippen molar-refractivity contribution in [2.45, 2.75) is 0 Å². The number of benzene rings is 2. The van der Waals surface area contributed by atoms with Crippen molar-refractivity contribution in [3.8, 4) is 11.1 Å². The zero-order valence-electron chi connectivity index (χ0n) is 9.05. The number of aromatic nitrogens is 1. The lowest BCUT2D eigenvalue weighted by Crippen LogP contribution is -1.87. The summed E-state index contributed by atoms with van der Waals surface area (Å²) in [7, 11) is 0. The Hall–Kier alpha value is -2.49. The molecule has 3 rings (SSSR count). The van der Waals surface area contributed by atoms with Gasteiger partial charge < -0.3 is 15.9 Å². The van der Waals surface area contributed by atoms with E-state index in [1.165, 1.54) is 0 Å². The third-order valence-electron chi connectivity index (χ3n) is 2.64. The molecule has 1 heterocycles. The van der Waals surface area contributed by atoms with E-state index in [1.54, 1.807) is 0 Å². The highest BCUT2D eigenvalue weighted by Crippen LogP contribution is 2.30. The summed E-state index contributed by atoms with van der Waals surface area (Å²) in [5.74, 6) is 0. The van der Waals surface area contributed by atoms with Gasteiger partial charge in [-0.25, -0.2) is 0 Å². The minimum atomic E-state index is 0.136. The molecule has 4 N–H and O–H groups in total. The van der Waals surface area contributed by atoms with Gasteiger partial charge in [-0.05, 0) is 23.3 Å². The van der Waals surface area contributed by atoms with Gasteiger partial charge in [0.25, 0.3) is 6.01 Å². The molecule has 0 amide bonds. The van der Waals surface area contributed by atoms with Crippen molar-refractivity contribution < 1.29 is 4.42 Å². The third-order valence-corrected chi connectivity index (χ3v) is 2.64. The lowest BCUT2D eigenvalue weighted by Gasteiger charge is -2.02. The zero-order valence-corrected chi connectivity index (χ0v) is 9.05. The molecule has 0 unspecified atom stereocenters. The maximum Gasteiger partial charge on any atom is 0.293 e. The van der Waals surface area contributed by atoms with Crippen LogP contribution in [-0.2, 0) is 0 Å². The molecule has 84 valence electrons. The third kappa shape index (κ3) is 1.59. The summed E-state index contributed by atoms with van der Waals surface area (Å²) in [4.78, 5) is 4.09. The fraction of sp³-hybridized carbons (Fsp3) is 0. The number of fused-ring (bicyclic) bond motifs is 1. The van der Waals surface area contributed by atoms with Crippen LogP contribution < -0.4 is 11.5 Å². The number of nitrogens with zero attached hydrogens (tertiary/aromatic N) is 1. The quantitative estimate of drug-likeness (QED) is 0.624. The summed E-state index contributed by atoms with van der Waals surface area (Å²) in [6.07, 6.45) is 0. The Morgan fingerprint density at radius 1 is 0.941 bits per heavy atom. The predicted octanol–water partition coefficient (Wildman–Crippen LogP) is 2.66. The predicted molar refractivity (Wildman–Crippen MR) is 68.3 cm³/mol. The number of rotatable bonds is 1. The van der Waals surface area contributed by atoms with Gasteiger partial charge in [0.15, 0.2) is 5.58 Å². The smallest absolute Gasteiger partial charge is 0.293 e. The van der Waals surface area contributed by atoms with E-state index in [9.17, 15) is 0 Å². The molecule has 0 saturated heterocycles. The van der Waals surface area contributed by atoms with E-state index in [2.05, 4.69) is 4.98 Å². The highest BCUT2D eigenvalue weighted by Gasteiger charge is 2.09. The Labute approximate surface area is 97.9 Å².